The number of amides is 2. The SMILES string of the molecule is Cc1cc(NC(=O)c2c(C)c(C(=O)C(=O)NC3C4CC5CC3CC(C)(C5)C4)n(C)c2C)cnc1F. The van der Waals surface area contributed by atoms with Crippen LogP contribution in [0.2, 0.25) is 0 Å². The summed E-state index contributed by atoms with van der Waals surface area (Å²) in [6.07, 6.45) is 7.04. The number of carbonyl (C=O) groups is 3. The van der Waals surface area contributed by atoms with E-state index in [0.29, 0.717) is 45.3 Å². The zero-order chi connectivity index (χ0) is 25.2. The number of Topliss-reactive ketones (excluding diaryl/α,β-unsaturated/α-hetero) is 1. The maximum Gasteiger partial charge on any atom is 0.294 e. The summed E-state index contributed by atoms with van der Waals surface area (Å²) in [5.74, 6) is -0.616. The highest BCUT2D eigenvalue weighted by atomic mass is 19.1. The van der Waals surface area contributed by atoms with Gasteiger partial charge in [0.05, 0.1) is 23.1 Å². The van der Waals surface area contributed by atoms with Crippen LogP contribution in [0.1, 0.15) is 76.7 Å². The number of hydrogen-bond donors (Lipinski definition) is 2. The number of hydrogen-bond acceptors (Lipinski definition) is 4. The smallest absolute Gasteiger partial charge is 0.294 e. The second kappa shape index (κ2) is 8.28. The third kappa shape index (κ3) is 3.96. The summed E-state index contributed by atoms with van der Waals surface area (Å²) in [7, 11) is 1.69. The van der Waals surface area contributed by atoms with Crippen LogP contribution in [0.15, 0.2) is 12.3 Å². The van der Waals surface area contributed by atoms with Gasteiger partial charge >= 0.3 is 0 Å². The van der Waals surface area contributed by atoms with Crippen molar-refractivity contribution in [1.29, 1.82) is 0 Å². The van der Waals surface area contributed by atoms with Crippen LogP contribution < -0.4 is 10.6 Å². The normalized spacial score (nSPS) is 28.7. The first-order chi connectivity index (χ1) is 16.5. The van der Waals surface area contributed by atoms with Crippen molar-refractivity contribution in [3.8, 4) is 0 Å². The third-order valence-electron chi connectivity index (χ3n) is 8.73. The monoisotopic (exact) mass is 480 g/mol. The van der Waals surface area contributed by atoms with E-state index >= 15 is 0 Å². The molecule has 0 radical (unpaired) electrons. The topological polar surface area (TPSA) is 93.1 Å². The molecule has 2 amide bonds. The first-order valence-electron chi connectivity index (χ1n) is 12.4. The average molecular weight is 481 g/mol. The molecule has 186 valence electrons. The summed E-state index contributed by atoms with van der Waals surface area (Å²) >= 11 is 0. The molecule has 2 aromatic rings. The minimum Gasteiger partial charge on any atom is -0.346 e. The van der Waals surface area contributed by atoms with E-state index in [-0.39, 0.29) is 11.7 Å². The fourth-order valence-corrected chi connectivity index (χ4v) is 7.44. The molecule has 6 rings (SSSR count). The molecule has 2 heterocycles. The van der Waals surface area contributed by atoms with Gasteiger partial charge in [-0.1, -0.05) is 6.92 Å². The lowest BCUT2D eigenvalue weighted by Crippen LogP contribution is -2.59. The van der Waals surface area contributed by atoms with E-state index in [1.807, 2.05) is 0 Å². The molecule has 2 N–H and O–H groups in total. The van der Waals surface area contributed by atoms with Crippen LogP contribution >= 0.6 is 0 Å². The Hall–Kier alpha value is -3.03. The second-order valence-electron chi connectivity index (χ2n) is 11.4. The summed E-state index contributed by atoms with van der Waals surface area (Å²) < 4.78 is 15.1. The highest BCUT2D eigenvalue weighted by Crippen LogP contribution is 2.59. The van der Waals surface area contributed by atoms with Crippen molar-refractivity contribution in [3.63, 3.8) is 0 Å². The number of anilines is 1. The molecule has 0 aliphatic heterocycles. The fraction of sp³-hybridized carbons (Fsp3) is 0.556. The van der Waals surface area contributed by atoms with Gasteiger partial charge < -0.3 is 15.2 Å². The van der Waals surface area contributed by atoms with E-state index in [9.17, 15) is 18.8 Å². The van der Waals surface area contributed by atoms with Crippen molar-refractivity contribution in [1.82, 2.24) is 14.9 Å². The van der Waals surface area contributed by atoms with Gasteiger partial charge in [-0.25, -0.2) is 4.98 Å². The lowest BCUT2D eigenvalue weighted by molar-refractivity contribution is -0.123. The lowest BCUT2D eigenvalue weighted by Gasteiger charge is -2.59. The standard InChI is InChI=1S/C27H33FN4O3/c1-13-6-19(12-29-24(13)28)30-25(34)20-14(2)22(32(5)15(20)3)23(33)26(35)31-21-17-7-16-8-18(21)11-27(4,9-16)10-17/h6,12,16-18,21H,7-11H2,1-5H3,(H,30,34)(H,31,35). The Kier molecular flexibility index (Phi) is 5.61. The summed E-state index contributed by atoms with van der Waals surface area (Å²) in [5.41, 5.74) is 2.63. The van der Waals surface area contributed by atoms with Gasteiger partial charge in [-0.15, -0.1) is 0 Å². The van der Waals surface area contributed by atoms with E-state index in [1.54, 1.807) is 32.4 Å². The molecule has 2 atom stereocenters. The first kappa shape index (κ1) is 23.7. The van der Waals surface area contributed by atoms with Crippen molar-refractivity contribution in [2.75, 3.05) is 5.32 Å². The summed E-state index contributed by atoms with van der Waals surface area (Å²) in [4.78, 5) is 43.2. The number of rotatable bonds is 5. The Morgan fingerprint density at radius 3 is 2.37 bits per heavy atom. The molecular weight excluding hydrogens is 447 g/mol. The van der Waals surface area contributed by atoms with E-state index in [1.165, 1.54) is 18.7 Å². The molecule has 4 saturated carbocycles. The number of aromatic nitrogens is 2. The van der Waals surface area contributed by atoms with Gasteiger partial charge in [-0.3, -0.25) is 14.4 Å². The number of nitrogens with zero attached hydrogens (tertiary/aromatic N) is 2. The van der Waals surface area contributed by atoms with Crippen LogP contribution in [0.5, 0.6) is 0 Å². The van der Waals surface area contributed by atoms with Crippen LogP contribution in [-0.4, -0.2) is 33.2 Å². The number of ketones is 1. The first-order valence-corrected chi connectivity index (χ1v) is 12.4. The van der Waals surface area contributed by atoms with Crippen molar-refractivity contribution in [2.45, 2.75) is 65.8 Å². The molecule has 8 heteroatoms. The minimum absolute atomic E-state index is 0.0507. The second-order valence-corrected chi connectivity index (χ2v) is 11.4. The summed E-state index contributed by atoms with van der Waals surface area (Å²) in [5, 5.41) is 5.82. The molecule has 0 spiro atoms. The number of halogens is 1. The average Bonchev–Trinajstić information content (AvgIpc) is 2.99. The highest BCUT2D eigenvalue weighted by molar-refractivity contribution is 6.43. The van der Waals surface area contributed by atoms with Gasteiger partial charge in [0.2, 0.25) is 5.95 Å². The van der Waals surface area contributed by atoms with Crippen molar-refractivity contribution in [2.24, 2.45) is 30.2 Å². The largest absolute Gasteiger partial charge is 0.346 e. The molecule has 2 unspecified atom stereocenters. The van der Waals surface area contributed by atoms with Crippen molar-refractivity contribution >= 4 is 23.3 Å². The Balaban J connectivity index is 1.35. The van der Waals surface area contributed by atoms with E-state index in [2.05, 4.69) is 22.5 Å². The van der Waals surface area contributed by atoms with Gasteiger partial charge in [0.15, 0.2) is 0 Å². The van der Waals surface area contributed by atoms with Crippen LogP contribution in [0, 0.1) is 49.9 Å². The molecular formula is C27H33FN4O3. The maximum absolute atomic E-state index is 13.5. The highest BCUT2D eigenvalue weighted by Gasteiger charge is 2.53. The number of aryl methyl sites for hydroxylation is 1. The van der Waals surface area contributed by atoms with Gasteiger partial charge in [0.1, 0.15) is 0 Å². The van der Waals surface area contributed by atoms with E-state index in [0.717, 1.165) is 31.6 Å². The molecule has 4 aliphatic rings. The fourth-order valence-electron chi connectivity index (χ4n) is 7.44. The van der Waals surface area contributed by atoms with Gasteiger partial charge in [0.25, 0.3) is 17.6 Å². The van der Waals surface area contributed by atoms with Gasteiger partial charge in [-0.05, 0) is 87.7 Å². The van der Waals surface area contributed by atoms with E-state index < -0.39 is 23.5 Å². The van der Waals surface area contributed by atoms with Gasteiger partial charge in [-0.2, -0.15) is 4.39 Å². The molecule has 4 aliphatic carbocycles. The van der Waals surface area contributed by atoms with Crippen molar-refractivity contribution < 1.29 is 18.8 Å². The predicted molar refractivity (Wildman–Crippen MR) is 130 cm³/mol. The Labute approximate surface area is 204 Å². The minimum atomic E-state index is -0.619. The molecule has 4 bridgehead atoms. The van der Waals surface area contributed by atoms with Gasteiger partial charge in [0, 0.05) is 24.3 Å². The quantitative estimate of drug-likeness (QED) is 0.380. The number of carbonyl (C=O) groups excluding carboxylic acids is 3. The summed E-state index contributed by atoms with van der Waals surface area (Å²) in [6.45, 7) is 7.35. The van der Waals surface area contributed by atoms with Crippen LogP contribution in [-0.2, 0) is 11.8 Å². The number of pyridine rings is 1. The zero-order valence-corrected chi connectivity index (χ0v) is 21.0. The van der Waals surface area contributed by atoms with E-state index in [4.69, 9.17) is 0 Å². The van der Waals surface area contributed by atoms with Crippen LogP contribution in [0.3, 0.4) is 0 Å². The molecule has 0 saturated heterocycles. The number of nitrogens with one attached hydrogen (secondary N) is 2. The summed E-state index contributed by atoms with van der Waals surface area (Å²) in [6, 6.07) is 1.55. The molecule has 35 heavy (non-hydrogen) atoms. The Morgan fingerprint density at radius 1 is 1.11 bits per heavy atom. The molecule has 4 fully saturated rings. The predicted octanol–water partition coefficient (Wildman–Crippen LogP) is 4.25. The van der Waals surface area contributed by atoms with Crippen molar-refractivity contribution in [3.05, 3.63) is 46.3 Å². The lowest BCUT2D eigenvalue weighted by atomic mass is 9.48. The Bertz CT molecular complexity index is 1230. The molecule has 7 nitrogen and oxygen atoms in total. The zero-order valence-electron chi connectivity index (χ0n) is 21.0. The van der Waals surface area contributed by atoms with Crippen LogP contribution in [0.4, 0.5) is 10.1 Å². The molecule has 2 aromatic heterocycles. The Morgan fingerprint density at radius 2 is 1.77 bits per heavy atom. The van der Waals surface area contributed by atoms with Crippen LogP contribution in [0.25, 0.3) is 0 Å². The third-order valence-corrected chi connectivity index (χ3v) is 8.73. The molecule has 0 aromatic carbocycles. The maximum atomic E-state index is 13.5.